The van der Waals surface area contributed by atoms with E-state index in [0.29, 0.717) is 11.8 Å². The number of hydrogen-bond donors (Lipinski definition) is 2. The molecule has 1 aliphatic rings. The van der Waals surface area contributed by atoms with Crippen LogP contribution in [0.5, 0.6) is 11.5 Å². The maximum atomic E-state index is 9.62. The van der Waals surface area contributed by atoms with Crippen molar-refractivity contribution in [3.05, 3.63) is 23.3 Å². The molecule has 0 fully saturated rings. The molecule has 0 bridgehead atoms. The third kappa shape index (κ3) is 1.44. The average Bonchev–Trinajstić information content (AvgIpc) is 2.17. The number of methoxy groups -OCH3 is 1. The van der Waals surface area contributed by atoms with Gasteiger partial charge in [-0.15, -0.1) is 0 Å². The van der Waals surface area contributed by atoms with E-state index < -0.39 is 0 Å². The SMILES string of the molecule is COc1cc2c(cc1O)CC[NH2+][C@@H]2C. The Kier molecular flexibility index (Phi) is 2.33. The first kappa shape index (κ1) is 9.34. The van der Waals surface area contributed by atoms with E-state index in [1.807, 2.05) is 12.1 Å². The van der Waals surface area contributed by atoms with Crippen molar-refractivity contribution in [1.29, 1.82) is 0 Å². The van der Waals surface area contributed by atoms with Crippen LogP contribution in [0.2, 0.25) is 0 Å². The molecule has 1 atom stereocenters. The van der Waals surface area contributed by atoms with Crippen LogP contribution in [0.3, 0.4) is 0 Å². The van der Waals surface area contributed by atoms with E-state index in [0.717, 1.165) is 13.0 Å². The van der Waals surface area contributed by atoms with Crippen molar-refractivity contribution in [1.82, 2.24) is 0 Å². The third-order valence-electron chi connectivity index (χ3n) is 2.87. The fraction of sp³-hybridized carbons (Fsp3) is 0.455. The lowest BCUT2D eigenvalue weighted by Crippen LogP contribution is -2.86. The van der Waals surface area contributed by atoms with E-state index >= 15 is 0 Å². The van der Waals surface area contributed by atoms with E-state index in [-0.39, 0.29) is 5.75 Å². The van der Waals surface area contributed by atoms with Crippen LogP contribution in [0.4, 0.5) is 0 Å². The van der Waals surface area contributed by atoms with Crippen molar-refractivity contribution < 1.29 is 15.2 Å². The number of ether oxygens (including phenoxy) is 1. The van der Waals surface area contributed by atoms with Gasteiger partial charge in [-0.05, 0) is 24.6 Å². The number of quaternary nitrogens is 1. The Labute approximate surface area is 83.7 Å². The average molecular weight is 194 g/mol. The molecule has 0 saturated carbocycles. The molecule has 3 heteroatoms. The number of phenolic OH excluding ortho intramolecular Hbond substituents is 1. The molecule has 2 rings (SSSR count). The van der Waals surface area contributed by atoms with Gasteiger partial charge in [0.05, 0.1) is 13.7 Å². The van der Waals surface area contributed by atoms with Crippen molar-refractivity contribution in [3.63, 3.8) is 0 Å². The van der Waals surface area contributed by atoms with Gasteiger partial charge >= 0.3 is 0 Å². The molecule has 14 heavy (non-hydrogen) atoms. The van der Waals surface area contributed by atoms with Crippen molar-refractivity contribution in [2.24, 2.45) is 0 Å². The summed E-state index contributed by atoms with van der Waals surface area (Å²) in [7, 11) is 1.58. The van der Waals surface area contributed by atoms with Crippen molar-refractivity contribution in [2.75, 3.05) is 13.7 Å². The van der Waals surface area contributed by atoms with Gasteiger partial charge in [0.15, 0.2) is 11.5 Å². The lowest BCUT2D eigenvalue weighted by atomic mass is 9.95. The minimum atomic E-state index is 0.250. The molecular formula is C11H16NO2+. The normalized spacial score (nSPS) is 20.3. The standard InChI is InChI=1S/C11H15NO2/c1-7-9-6-11(14-2)10(13)5-8(9)3-4-12-7/h5-7,12-13H,3-4H2,1-2H3/p+1/t7-/m1/s1. The fourth-order valence-electron chi connectivity index (χ4n) is 2.05. The van der Waals surface area contributed by atoms with Gasteiger partial charge in [-0.25, -0.2) is 0 Å². The van der Waals surface area contributed by atoms with E-state index in [1.54, 1.807) is 7.11 Å². The summed E-state index contributed by atoms with van der Waals surface area (Å²) in [4.78, 5) is 0. The first-order valence-corrected chi connectivity index (χ1v) is 4.95. The quantitative estimate of drug-likeness (QED) is 0.687. The molecule has 1 aliphatic heterocycles. The Morgan fingerprint density at radius 3 is 3.00 bits per heavy atom. The molecule has 0 saturated heterocycles. The molecule has 3 N–H and O–H groups in total. The van der Waals surface area contributed by atoms with Gasteiger partial charge in [0, 0.05) is 12.0 Å². The van der Waals surface area contributed by atoms with Crippen LogP contribution in [0, 0.1) is 0 Å². The number of fused-ring (bicyclic) bond motifs is 1. The topological polar surface area (TPSA) is 46.1 Å². The van der Waals surface area contributed by atoms with Gasteiger partial charge in [0.25, 0.3) is 0 Å². The summed E-state index contributed by atoms with van der Waals surface area (Å²) in [6, 6.07) is 4.25. The molecule has 0 radical (unpaired) electrons. The Morgan fingerprint density at radius 1 is 1.50 bits per heavy atom. The predicted octanol–water partition coefficient (Wildman–Crippen LogP) is 0.581. The second-order valence-electron chi connectivity index (χ2n) is 3.79. The van der Waals surface area contributed by atoms with Gasteiger partial charge in [-0.3, -0.25) is 0 Å². The van der Waals surface area contributed by atoms with Crippen LogP contribution in [0.25, 0.3) is 0 Å². The molecular weight excluding hydrogens is 178 g/mol. The van der Waals surface area contributed by atoms with Crippen molar-refractivity contribution in [2.45, 2.75) is 19.4 Å². The number of hydrogen-bond acceptors (Lipinski definition) is 2. The van der Waals surface area contributed by atoms with E-state index in [9.17, 15) is 5.11 Å². The molecule has 0 unspecified atom stereocenters. The van der Waals surface area contributed by atoms with Crippen LogP contribution in [-0.2, 0) is 6.42 Å². The summed E-state index contributed by atoms with van der Waals surface area (Å²) in [5, 5.41) is 11.9. The zero-order chi connectivity index (χ0) is 10.1. The Balaban J connectivity index is 2.49. The second-order valence-corrected chi connectivity index (χ2v) is 3.79. The molecule has 1 heterocycles. The van der Waals surface area contributed by atoms with E-state index in [1.165, 1.54) is 11.1 Å². The lowest BCUT2D eigenvalue weighted by Gasteiger charge is -2.21. The second kappa shape index (κ2) is 3.50. The highest BCUT2D eigenvalue weighted by atomic mass is 16.5. The van der Waals surface area contributed by atoms with Crippen molar-refractivity contribution >= 4 is 0 Å². The Morgan fingerprint density at radius 2 is 2.29 bits per heavy atom. The van der Waals surface area contributed by atoms with Crippen LogP contribution in [0.15, 0.2) is 12.1 Å². The largest absolute Gasteiger partial charge is 0.504 e. The number of benzene rings is 1. The number of nitrogens with two attached hydrogens (primary N) is 1. The predicted molar refractivity (Wildman–Crippen MR) is 53.6 cm³/mol. The smallest absolute Gasteiger partial charge is 0.161 e. The minimum absolute atomic E-state index is 0.250. The molecule has 3 nitrogen and oxygen atoms in total. The number of phenols is 1. The van der Waals surface area contributed by atoms with Gasteiger partial charge in [0.2, 0.25) is 0 Å². The van der Waals surface area contributed by atoms with Crippen LogP contribution in [-0.4, -0.2) is 18.8 Å². The van der Waals surface area contributed by atoms with Crippen LogP contribution < -0.4 is 10.1 Å². The van der Waals surface area contributed by atoms with Gasteiger partial charge < -0.3 is 15.2 Å². The van der Waals surface area contributed by atoms with Crippen LogP contribution in [0.1, 0.15) is 24.1 Å². The summed E-state index contributed by atoms with van der Waals surface area (Å²) in [6.45, 7) is 3.27. The number of aromatic hydroxyl groups is 1. The van der Waals surface area contributed by atoms with Gasteiger partial charge in [0.1, 0.15) is 6.04 Å². The van der Waals surface area contributed by atoms with E-state index in [4.69, 9.17) is 4.74 Å². The summed E-state index contributed by atoms with van der Waals surface area (Å²) in [6.07, 6.45) is 1.03. The molecule has 1 aromatic carbocycles. The summed E-state index contributed by atoms with van der Waals surface area (Å²) >= 11 is 0. The summed E-state index contributed by atoms with van der Waals surface area (Å²) < 4.78 is 5.10. The summed E-state index contributed by atoms with van der Waals surface area (Å²) in [5.74, 6) is 0.825. The maximum absolute atomic E-state index is 9.62. The zero-order valence-corrected chi connectivity index (χ0v) is 8.58. The highest BCUT2D eigenvalue weighted by molar-refractivity contribution is 5.47. The van der Waals surface area contributed by atoms with Crippen molar-refractivity contribution in [3.8, 4) is 11.5 Å². The number of rotatable bonds is 1. The maximum Gasteiger partial charge on any atom is 0.161 e. The highest BCUT2D eigenvalue weighted by Crippen LogP contribution is 2.32. The van der Waals surface area contributed by atoms with Gasteiger partial charge in [-0.2, -0.15) is 0 Å². The summed E-state index contributed by atoms with van der Waals surface area (Å²) in [5.41, 5.74) is 2.53. The third-order valence-corrected chi connectivity index (χ3v) is 2.87. The monoisotopic (exact) mass is 194 g/mol. The highest BCUT2D eigenvalue weighted by Gasteiger charge is 2.21. The fourth-order valence-corrected chi connectivity index (χ4v) is 2.05. The molecule has 1 aromatic rings. The molecule has 0 amide bonds. The molecule has 0 spiro atoms. The Bertz CT molecular complexity index is 349. The first-order valence-electron chi connectivity index (χ1n) is 4.95. The molecule has 0 aliphatic carbocycles. The van der Waals surface area contributed by atoms with Gasteiger partial charge in [-0.1, -0.05) is 0 Å². The minimum Gasteiger partial charge on any atom is -0.504 e. The van der Waals surface area contributed by atoms with Crippen LogP contribution >= 0.6 is 0 Å². The molecule has 76 valence electrons. The first-order chi connectivity index (χ1) is 6.72. The molecule has 0 aromatic heterocycles. The van der Waals surface area contributed by atoms with E-state index in [2.05, 4.69) is 12.2 Å². The zero-order valence-electron chi connectivity index (χ0n) is 8.58. The Hall–Kier alpha value is -1.22. The lowest BCUT2D eigenvalue weighted by molar-refractivity contribution is -0.695.